The number of rotatable bonds is 3. The van der Waals surface area contributed by atoms with Crippen molar-refractivity contribution in [2.45, 2.75) is 19.3 Å². The van der Waals surface area contributed by atoms with Gasteiger partial charge in [-0.15, -0.1) is 6.58 Å². The Morgan fingerprint density at radius 1 is 1.90 bits per heavy atom. The van der Waals surface area contributed by atoms with Crippen LogP contribution in [0.15, 0.2) is 29.5 Å². The SMILES string of the molecule is C=CCC(C)c1ncco1. The van der Waals surface area contributed by atoms with E-state index in [1.807, 2.05) is 6.08 Å². The average molecular weight is 137 g/mol. The molecule has 0 amide bonds. The molecule has 0 saturated carbocycles. The predicted octanol–water partition coefficient (Wildman–Crippen LogP) is 2.35. The fourth-order valence-electron chi connectivity index (χ4n) is 0.829. The van der Waals surface area contributed by atoms with Gasteiger partial charge in [0.1, 0.15) is 6.26 Å². The molecule has 0 aromatic carbocycles. The van der Waals surface area contributed by atoms with Gasteiger partial charge in [-0.3, -0.25) is 0 Å². The van der Waals surface area contributed by atoms with Crippen molar-refractivity contribution in [2.75, 3.05) is 0 Å². The van der Waals surface area contributed by atoms with Crippen molar-refractivity contribution in [3.8, 4) is 0 Å². The van der Waals surface area contributed by atoms with Crippen LogP contribution in [0.1, 0.15) is 25.2 Å². The van der Waals surface area contributed by atoms with Crippen molar-refractivity contribution in [1.82, 2.24) is 4.98 Å². The normalized spacial score (nSPS) is 12.9. The highest BCUT2D eigenvalue weighted by Gasteiger charge is 2.06. The summed E-state index contributed by atoms with van der Waals surface area (Å²) in [7, 11) is 0. The van der Waals surface area contributed by atoms with Crippen LogP contribution in [0.3, 0.4) is 0 Å². The van der Waals surface area contributed by atoms with Crippen molar-refractivity contribution in [3.05, 3.63) is 31.0 Å². The monoisotopic (exact) mass is 137 g/mol. The standard InChI is InChI=1S/C8H11NO/c1-3-4-7(2)8-9-5-6-10-8/h3,5-7H,1,4H2,2H3. The minimum atomic E-state index is 0.354. The Morgan fingerprint density at radius 3 is 3.20 bits per heavy atom. The van der Waals surface area contributed by atoms with Gasteiger partial charge in [-0.05, 0) is 6.42 Å². The zero-order valence-corrected chi connectivity index (χ0v) is 6.08. The molecule has 2 heteroatoms. The topological polar surface area (TPSA) is 26.0 Å². The molecule has 0 aliphatic carbocycles. The van der Waals surface area contributed by atoms with Gasteiger partial charge >= 0.3 is 0 Å². The second kappa shape index (κ2) is 3.20. The molecule has 0 radical (unpaired) electrons. The van der Waals surface area contributed by atoms with Crippen LogP contribution in [0.2, 0.25) is 0 Å². The third-order valence-corrected chi connectivity index (χ3v) is 1.39. The van der Waals surface area contributed by atoms with Crippen LogP contribution in [0.25, 0.3) is 0 Å². The summed E-state index contributed by atoms with van der Waals surface area (Å²) in [5.41, 5.74) is 0. The van der Waals surface area contributed by atoms with Crippen LogP contribution in [0, 0.1) is 0 Å². The molecule has 54 valence electrons. The molecular weight excluding hydrogens is 126 g/mol. The number of aromatic nitrogens is 1. The van der Waals surface area contributed by atoms with Crippen molar-refractivity contribution in [2.24, 2.45) is 0 Å². The quantitative estimate of drug-likeness (QED) is 0.598. The van der Waals surface area contributed by atoms with E-state index in [0.29, 0.717) is 5.92 Å². The van der Waals surface area contributed by atoms with Crippen molar-refractivity contribution >= 4 is 0 Å². The molecule has 2 nitrogen and oxygen atoms in total. The van der Waals surface area contributed by atoms with E-state index in [2.05, 4.69) is 18.5 Å². The van der Waals surface area contributed by atoms with Gasteiger partial charge in [0.2, 0.25) is 0 Å². The molecule has 1 rings (SSSR count). The Balaban J connectivity index is 2.58. The molecule has 1 atom stereocenters. The average Bonchev–Trinajstić information content (AvgIpc) is 2.38. The summed E-state index contributed by atoms with van der Waals surface area (Å²) in [4.78, 5) is 4.02. The van der Waals surface area contributed by atoms with Gasteiger partial charge in [0.15, 0.2) is 5.89 Å². The Kier molecular flexibility index (Phi) is 2.26. The van der Waals surface area contributed by atoms with Crippen LogP contribution in [-0.2, 0) is 0 Å². The van der Waals surface area contributed by atoms with Crippen molar-refractivity contribution < 1.29 is 4.42 Å². The number of allylic oxidation sites excluding steroid dienone is 1. The van der Waals surface area contributed by atoms with E-state index in [1.54, 1.807) is 12.5 Å². The molecule has 0 fully saturated rings. The molecule has 10 heavy (non-hydrogen) atoms. The molecule has 0 saturated heterocycles. The van der Waals surface area contributed by atoms with Gasteiger partial charge in [-0.1, -0.05) is 13.0 Å². The molecule has 1 aromatic heterocycles. The Hall–Kier alpha value is -1.05. The largest absolute Gasteiger partial charge is 0.449 e. The van der Waals surface area contributed by atoms with Crippen LogP contribution in [0.5, 0.6) is 0 Å². The minimum absolute atomic E-state index is 0.354. The molecule has 0 aliphatic rings. The first kappa shape index (κ1) is 7.06. The highest BCUT2D eigenvalue weighted by atomic mass is 16.3. The highest BCUT2D eigenvalue weighted by Crippen LogP contribution is 2.15. The van der Waals surface area contributed by atoms with E-state index in [9.17, 15) is 0 Å². The second-order valence-corrected chi connectivity index (χ2v) is 2.30. The predicted molar refractivity (Wildman–Crippen MR) is 39.7 cm³/mol. The molecule has 1 unspecified atom stereocenters. The van der Waals surface area contributed by atoms with Crippen molar-refractivity contribution in [1.29, 1.82) is 0 Å². The molecular formula is C8H11NO. The molecule has 0 bridgehead atoms. The van der Waals surface area contributed by atoms with E-state index >= 15 is 0 Å². The lowest BCUT2D eigenvalue weighted by Gasteiger charge is -2.00. The van der Waals surface area contributed by atoms with E-state index in [-0.39, 0.29) is 0 Å². The van der Waals surface area contributed by atoms with Gasteiger partial charge in [-0.25, -0.2) is 4.98 Å². The van der Waals surface area contributed by atoms with E-state index in [4.69, 9.17) is 4.42 Å². The highest BCUT2D eigenvalue weighted by molar-refractivity contribution is 4.92. The van der Waals surface area contributed by atoms with Gasteiger partial charge in [0, 0.05) is 5.92 Å². The molecule has 0 spiro atoms. The van der Waals surface area contributed by atoms with Crippen LogP contribution >= 0.6 is 0 Å². The van der Waals surface area contributed by atoms with E-state index in [0.717, 1.165) is 12.3 Å². The smallest absolute Gasteiger partial charge is 0.197 e. The zero-order chi connectivity index (χ0) is 7.40. The lowest BCUT2D eigenvalue weighted by Crippen LogP contribution is -1.90. The summed E-state index contributed by atoms with van der Waals surface area (Å²) in [6, 6.07) is 0. The third kappa shape index (κ3) is 1.47. The first-order chi connectivity index (χ1) is 4.84. The van der Waals surface area contributed by atoms with Gasteiger partial charge in [-0.2, -0.15) is 0 Å². The summed E-state index contributed by atoms with van der Waals surface area (Å²) in [6.45, 7) is 5.70. The minimum Gasteiger partial charge on any atom is -0.449 e. The molecule has 0 N–H and O–H groups in total. The summed E-state index contributed by atoms with van der Waals surface area (Å²) in [5, 5.41) is 0. The van der Waals surface area contributed by atoms with Crippen molar-refractivity contribution in [3.63, 3.8) is 0 Å². The maximum absolute atomic E-state index is 5.09. The summed E-state index contributed by atoms with van der Waals surface area (Å²) in [6.07, 6.45) is 6.04. The lowest BCUT2D eigenvalue weighted by atomic mass is 10.1. The maximum Gasteiger partial charge on any atom is 0.197 e. The summed E-state index contributed by atoms with van der Waals surface area (Å²) in [5.74, 6) is 1.15. The number of nitrogens with zero attached hydrogens (tertiary/aromatic N) is 1. The second-order valence-electron chi connectivity index (χ2n) is 2.30. The number of oxazole rings is 1. The van der Waals surface area contributed by atoms with E-state index in [1.165, 1.54) is 0 Å². The lowest BCUT2D eigenvalue weighted by molar-refractivity contribution is 0.459. The van der Waals surface area contributed by atoms with E-state index < -0.39 is 0 Å². The molecule has 1 aromatic rings. The Morgan fingerprint density at radius 2 is 2.70 bits per heavy atom. The van der Waals surface area contributed by atoms with Crippen LogP contribution in [0.4, 0.5) is 0 Å². The summed E-state index contributed by atoms with van der Waals surface area (Å²) < 4.78 is 5.09. The van der Waals surface area contributed by atoms with Gasteiger partial charge < -0.3 is 4.42 Å². The number of hydrogen-bond acceptors (Lipinski definition) is 2. The molecule has 1 heterocycles. The first-order valence-electron chi connectivity index (χ1n) is 3.35. The zero-order valence-electron chi connectivity index (χ0n) is 6.08. The summed E-state index contributed by atoms with van der Waals surface area (Å²) >= 11 is 0. The molecule has 0 aliphatic heterocycles. The van der Waals surface area contributed by atoms with Gasteiger partial charge in [0.05, 0.1) is 6.20 Å². The number of hydrogen-bond donors (Lipinski definition) is 0. The first-order valence-corrected chi connectivity index (χ1v) is 3.35. The maximum atomic E-state index is 5.09. The third-order valence-electron chi connectivity index (χ3n) is 1.39. The fraction of sp³-hybridized carbons (Fsp3) is 0.375. The van der Waals surface area contributed by atoms with Crippen LogP contribution < -0.4 is 0 Å². The van der Waals surface area contributed by atoms with Crippen LogP contribution in [-0.4, -0.2) is 4.98 Å². The van der Waals surface area contributed by atoms with Gasteiger partial charge in [0.25, 0.3) is 0 Å². The Labute approximate surface area is 60.6 Å². The Bertz CT molecular complexity index is 191. The fourth-order valence-corrected chi connectivity index (χ4v) is 0.829.